The number of methoxy groups -OCH3 is 2. The lowest BCUT2D eigenvalue weighted by Gasteiger charge is -2.43. The summed E-state index contributed by atoms with van der Waals surface area (Å²) in [7, 11) is 7.94. The zero-order valence-electron chi connectivity index (χ0n) is 33.0. The van der Waals surface area contributed by atoms with Gasteiger partial charge in [0.2, 0.25) is 5.75 Å². The van der Waals surface area contributed by atoms with Crippen LogP contribution in [0.4, 0.5) is 0 Å². The molecule has 0 bridgehead atoms. The average molecular weight is 808 g/mol. The van der Waals surface area contributed by atoms with E-state index in [4.69, 9.17) is 18.9 Å². The van der Waals surface area contributed by atoms with E-state index < -0.39 is 31.0 Å². The molecule has 5 rings (SSSR count). The Morgan fingerprint density at radius 1 is 0.855 bits per heavy atom. The Morgan fingerprint density at radius 3 is 2.29 bits per heavy atom. The molecule has 2 fully saturated rings. The first-order chi connectivity index (χ1) is 26.6. The van der Waals surface area contributed by atoms with Crippen LogP contribution in [0.3, 0.4) is 0 Å². The topological polar surface area (TPSA) is 170 Å². The van der Waals surface area contributed by atoms with E-state index in [1.807, 2.05) is 13.1 Å². The van der Waals surface area contributed by atoms with E-state index in [2.05, 4.69) is 12.2 Å². The fourth-order valence-corrected chi connectivity index (χ4v) is 12.3. The average Bonchev–Trinajstić information content (AvgIpc) is 3.17. The highest BCUT2D eigenvalue weighted by Gasteiger charge is 2.38. The van der Waals surface area contributed by atoms with Crippen molar-refractivity contribution in [2.24, 2.45) is 29.6 Å². The first kappa shape index (κ1) is 44.0. The minimum absolute atomic E-state index is 0.000210. The molecule has 10 unspecified atom stereocenters. The van der Waals surface area contributed by atoms with Crippen LogP contribution in [-0.4, -0.2) is 102 Å². The number of hydrogen-bond donors (Lipinski definition) is 7. The molecule has 13 heteroatoms. The van der Waals surface area contributed by atoms with Crippen LogP contribution in [0, 0.1) is 29.6 Å². The number of fused-ring (bicyclic) bond motifs is 1. The summed E-state index contributed by atoms with van der Waals surface area (Å²) >= 11 is 0. The first-order valence-electron chi connectivity index (χ1n) is 20.2. The predicted molar refractivity (Wildman–Crippen MR) is 218 cm³/mol. The van der Waals surface area contributed by atoms with Gasteiger partial charge in [-0.3, -0.25) is 0 Å². The van der Waals surface area contributed by atoms with Gasteiger partial charge in [-0.15, -0.1) is 0 Å². The molecule has 2 saturated carbocycles. The Kier molecular flexibility index (Phi) is 17.3. The minimum atomic E-state index is -0.992. The van der Waals surface area contributed by atoms with Gasteiger partial charge < -0.3 is 54.9 Å². The maximum absolute atomic E-state index is 11.7. The van der Waals surface area contributed by atoms with E-state index in [1.54, 1.807) is 18.2 Å². The summed E-state index contributed by atoms with van der Waals surface area (Å²) in [5.74, 6) is 3.17. The van der Waals surface area contributed by atoms with Crippen LogP contribution in [0.1, 0.15) is 93.1 Å². The number of nitrogens with one attached hydrogen (secondary N) is 1. The highest BCUT2D eigenvalue weighted by Crippen LogP contribution is 2.48. The Bertz CT molecular complexity index is 1460. The Hall–Kier alpha value is -2.10. The Morgan fingerprint density at radius 2 is 1.62 bits per heavy atom. The van der Waals surface area contributed by atoms with Crippen molar-refractivity contribution in [3.8, 4) is 28.7 Å². The summed E-state index contributed by atoms with van der Waals surface area (Å²) in [5, 5.41) is 68.5. The van der Waals surface area contributed by atoms with E-state index in [0.29, 0.717) is 48.3 Å². The summed E-state index contributed by atoms with van der Waals surface area (Å²) in [6.45, 7) is 2.81. The number of benzene rings is 2. The predicted octanol–water partition coefficient (Wildman–Crippen LogP) is 6.38. The van der Waals surface area contributed by atoms with Gasteiger partial charge in [0.25, 0.3) is 0 Å². The number of aliphatic hydroxyl groups excluding tert-OH is 4. The molecule has 11 nitrogen and oxygen atoms in total. The molecule has 0 saturated heterocycles. The third-order valence-electron chi connectivity index (χ3n) is 12.3. The number of phenols is 2. The van der Waals surface area contributed by atoms with Crippen LogP contribution in [0.25, 0.3) is 0 Å². The highest BCUT2D eigenvalue weighted by molar-refractivity contribution is 8.76. The quantitative estimate of drug-likeness (QED) is 0.0880. The highest BCUT2D eigenvalue weighted by atomic mass is 33.1. The monoisotopic (exact) mass is 807 g/mol. The molecule has 1 heterocycles. The van der Waals surface area contributed by atoms with Gasteiger partial charge in [0.15, 0.2) is 23.0 Å². The van der Waals surface area contributed by atoms with Crippen molar-refractivity contribution >= 4 is 21.6 Å². The zero-order chi connectivity index (χ0) is 39.5. The molecule has 55 heavy (non-hydrogen) atoms. The van der Waals surface area contributed by atoms with Crippen molar-refractivity contribution in [2.75, 3.05) is 47.0 Å². The molecule has 310 valence electrons. The second kappa shape index (κ2) is 21.6. The smallest absolute Gasteiger partial charge is 0.200 e. The van der Waals surface area contributed by atoms with E-state index in [1.165, 1.54) is 61.5 Å². The second-order valence-corrected chi connectivity index (χ2v) is 18.6. The molecule has 3 aliphatic rings. The van der Waals surface area contributed by atoms with E-state index in [9.17, 15) is 30.6 Å². The molecule has 2 aliphatic carbocycles. The molecule has 0 amide bonds. The fraction of sp³-hybridized carbons (Fsp3) is 0.714. The summed E-state index contributed by atoms with van der Waals surface area (Å²) < 4.78 is 23.2. The number of aliphatic hydroxyl groups is 4. The molecular weight excluding hydrogens is 743 g/mol. The van der Waals surface area contributed by atoms with Gasteiger partial charge in [-0.25, -0.2) is 0 Å². The number of hydrogen-bond acceptors (Lipinski definition) is 13. The Balaban J connectivity index is 1.39. The lowest BCUT2D eigenvalue weighted by Crippen LogP contribution is -2.40. The molecule has 0 aromatic heterocycles. The number of rotatable bonds is 13. The molecule has 1 aliphatic heterocycles. The summed E-state index contributed by atoms with van der Waals surface area (Å²) in [4.78, 5) is 0. The van der Waals surface area contributed by atoms with Crippen LogP contribution in [0.15, 0.2) is 24.3 Å². The van der Waals surface area contributed by atoms with E-state index in [-0.39, 0.29) is 59.6 Å². The third-order valence-corrected chi connectivity index (χ3v) is 15.1. The van der Waals surface area contributed by atoms with Crippen LogP contribution in [0.2, 0.25) is 0 Å². The van der Waals surface area contributed by atoms with Crippen molar-refractivity contribution in [3.05, 3.63) is 41.0 Å². The molecule has 2 aromatic carbocycles. The van der Waals surface area contributed by atoms with Crippen molar-refractivity contribution < 1.29 is 49.6 Å². The standard InChI is InChI=1S/C42H65NO10S2/c1-25-6-5-7-27(14-25)32-19-31(11-9-29(32)22-43-2)53-38-18-28-8-10-30(52-24-45)20-35(46)34(15-26-16-39(50-3)42(49)40(17-26)51-4)37(48)23-54-55-41(12-13-44)33(28)21-36(38)47/h16-18,21,25,27,29-32,34-35,37,41,43-49H,5-15,19-20,22-24H2,1-4H3. The number of aromatic hydroxyl groups is 2. The molecule has 2 aromatic rings. The van der Waals surface area contributed by atoms with Gasteiger partial charge in [0, 0.05) is 23.5 Å². The number of phenolic OH excluding ortho intramolecular Hbond substituents is 2. The second-order valence-electron chi connectivity index (χ2n) is 16.0. The van der Waals surface area contributed by atoms with Gasteiger partial charge in [-0.05, 0) is 136 Å². The van der Waals surface area contributed by atoms with Crippen LogP contribution >= 0.6 is 21.6 Å². The van der Waals surface area contributed by atoms with Crippen LogP contribution < -0.4 is 19.5 Å². The van der Waals surface area contributed by atoms with E-state index in [0.717, 1.165) is 42.9 Å². The maximum Gasteiger partial charge on any atom is 0.200 e. The van der Waals surface area contributed by atoms with Crippen molar-refractivity contribution in [1.82, 2.24) is 5.32 Å². The molecule has 0 radical (unpaired) electrons. The van der Waals surface area contributed by atoms with Crippen molar-refractivity contribution in [1.29, 1.82) is 0 Å². The summed E-state index contributed by atoms with van der Waals surface area (Å²) in [6, 6.07) is 7.08. The number of ether oxygens (including phenoxy) is 4. The molecule has 0 spiro atoms. The zero-order valence-corrected chi connectivity index (χ0v) is 34.7. The van der Waals surface area contributed by atoms with Crippen LogP contribution in [0.5, 0.6) is 28.7 Å². The maximum atomic E-state index is 11.7. The van der Waals surface area contributed by atoms with Crippen molar-refractivity contribution in [3.63, 3.8) is 0 Å². The first-order valence-corrected chi connectivity index (χ1v) is 22.6. The van der Waals surface area contributed by atoms with Gasteiger partial charge in [0.1, 0.15) is 6.79 Å². The lowest BCUT2D eigenvalue weighted by atomic mass is 9.65. The normalized spacial score (nSPS) is 31.0. The summed E-state index contributed by atoms with van der Waals surface area (Å²) in [5.41, 5.74) is 2.56. The van der Waals surface area contributed by atoms with Crippen molar-refractivity contribution in [2.45, 2.75) is 114 Å². The number of aryl methyl sites for hydroxylation is 1. The SMILES string of the molecule is CNCC1CCC(Oc2cc3c(cc2O)C(CCO)SSCC(O)C(Cc2cc(OC)c(O)c(OC)c2)C(O)CC(OCO)CC3)CC1C1CCCC(C)C1. The Labute approximate surface area is 335 Å². The third kappa shape index (κ3) is 11.7. The van der Waals surface area contributed by atoms with Gasteiger partial charge in [0.05, 0.1) is 38.6 Å². The van der Waals surface area contributed by atoms with Gasteiger partial charge in [-0.2, -0.15) is 0 Å². The van der Waals surface area contributed by atoms with Crippen LogP contribution in [-0.2, 0) is 17.6 Å². The molecular formula is C42H65NO10S2. The van der Waals surface area contributed by atoms with E-state index >= 15 is 0 Å². The molecule has 7 N–H and O–H groups in total. The lowest BCUT2D eigenvalue weighted by molar-refractivity contribution is -0.0808. The van der Waals surface area contributed by atoms with Gasteiger partial charge in [-0.1, -0.05) is 47.8 Å². The fourth-order valence-electron chi connectivity index (χ4n) is 9.40. The van der Waals surface area contributed by atoms with Gasteiger partial charge >= 0.3 is 0 Å². The minimum Gasteiger partial charge on any atom is -0.504 e. The largest absolute Gasteiger partial charge is 0.504 e. The summed E-state index contributed by atoms with van der Waals surface area (Å²) in [6.07, 6.45) is 7.51. The molecule has 10 atom stereocenters.